The average molecular weight is 227 g/mol. The predicted octanol–water partition coefficient (Wildman–Crippen LogP) is 0.442. The third-order valence-corrected chi connectivity index (χ3v) is 3.25. The van der Waals surface area contributed by atoms with Crippen LogP contribution in [0.15, 0.2) is 0 Å². The molecule has 16 heavy (non-hydrogen) atoms. The Bertz CT molecular complexity index is 210. The third kappa shape index (κ3) is 4.10. The number of hydrogen-bond donors (Lipinski definition) is 2. The molecule has 0 aromatic rings. The van der Waals surface area contributed by atoms with Crippen molar-refractivity contribution in [2.24, 2.45) is 5.92 Å². The summed E-state index contributed by atoms with van der Waals surface area (Å²) in [6.07, 6.45) is 0.976. The summed E-state index contributed by atoms with van der Waals surface area (Å²) in [5.74, 6) is 0.392. The molecule has 1 aliphatic heterocycles. The number of hydrogen-bond acceptors (Lipinski definition) is 3. The van der Waals surface area contributed by atoms with E-state index >= 15 is 0 Å². The molecular weight excluding hydrogens is 202 g/mol. The van der Waals surface area contributed by atoms with Gasteiger partial charge in [-0.05, 0) is 33.0 Å². The summed E-state index contributed by atoms with van der Waals surface area (Å²) in [6.45, 7) is 11.2. The van der Waals surface area contributed by atoms with Gasteiger partial charge in [0.25, 0.3) is 0 Å². The van der Waals surface area contributed by atoms with E-state index in [1.54, 1.807) is 0 Å². The van der Waals surface area contributed by atoms with E-state index in [-0.39, 0.29) is 17.9 Å². The van der Waals surface area contributed by atoms with Crippen LogP contribution in [-0.2, 0) is 4.79 Å². The van der Waals surface area contributed by atoms with Crippen molar-refractivity contribution in [2.75, 3.05) is 32.7 Å². The molecule has 2 atom stereocenters. The van der Waals surface area contributed by atoms with Gasteiger partial charge in [-0.2, -0.15) is 0 Å². The van der Waals surface area contributed by atoms with Gasteiger partial charge in [0.15, 0.2) is 0 Å². The summed E-state index contributed by atoms with van der Waals surface area (Å²) in [5, 5.41) is 6.32. The van der Waals surface area contributed by atoms with Crippen LogP contribution in [-0.4, -0.2) is 49.6 Å². The fourth-order valence-electron chi connectivity index (χ4n) is 2.15. The third-order valence-electron chi connectivity index (χ3n) is 3.25. The van der Waals surface area contributed by atoms with Crippen molar-refractivity contribution >= 4 is 5.91 Å². The fourth-order valence-corrected chi connectivity index (χ4v) is 2.15. The molecule has 1 amide bonds. The first-order valence-corrected chi connectivity index (χ1v) is 6.40. The Morgan fingerprint density at radius 3 is 2.69 bits per heavy atom. The Hall–Kier alpha value is -0.610. The average Bonchev–Trinajstić information content (AvgIpc) is 2.79. The maximum absolute atomic E-state index is 11.8. The van der Waals surface area contributed by atoms with Crippen molar-refractivity contribution in [3.63, 3.8) is 0 Å². The van der Waals surface area contributed by atoms with E-state index < -0.39 is 0 Å². The highest BCUT2D eigenvalue weighted by molar-refractivity contribution is 5.79. The fraction of sp³-hybridized carbons (Fsp3) is 0.917. The lowest BCUT2D eigenvalue weighted by Gasteiger charge is -2.24. The van der Waals surface area contributed by atoms with Gasteiger partial charge in [-0.15, -0.1) is 0 Å². The quantitative estimate of drug-likeness (QED) is 0.692. The van der Waals surface area contributed by atoms with Gasteiger partial charge in [0.05, 0.1) is 5.92 Å². The highest BCUT2D eigenvalue weighted by Crippen LogP contribution is 2.07. The van der Waals surface area contributed by atoms with E-state index in [9.17, 15) is 4.79 Å². The Balaban J connectivity index is 2.26. The van der Waals surface area contributed by atoms with Crippen LogP contribution in [0.25, 0.3) is 0 Å². The van der Waals surface area contributed by atoms with Crippen LogP contribution in [0.2, 0.25) is 0 Å². The first-order valence-electron chi connectivity index (χ1n) is 6.40. The zero-order valence-corrected chi connectivity index (χ0v) is 10.8. The summed E-state index contributed by atoms with van der Waals surface area (Å²) >= 11 is 0. The summed E-state index contributed by atoms with van der Waals surface area (Å²) in [7, 11) is 0. The van der Waals surface area contributed by atoms with Crippen molar-refractivity contribution in [1.29, 1.82) is 0 Å². The summed E-state index contributed by atoms with van der Waals surface area (Å²) < 4.78 is 0. The molecule has 2 unspecified atom stereocenters. The molecule has 4 heteroatoms. The number of rotatable bonds is 6. The molecular formula is C12H25N3O. The van der Waals surface area contributed by atoms with Gasteiger partial charge in [-0.1, -0.05) is 13.8 Å². The maximum Gasteiger partial charge on any atom is 0.224 e. The molecule has 0 spiro atoms. The number of nitrogens with zero attached hydrogens (tertiary/aromatic N) is 1. The normalized spacial score (nSPS) is 22.4. The number of carbonyl (C=O) groups excluding carboxylic acids is 1. The van der Waals surface area contributed by atoms with Gasteiger partial charge < -0.3 is 15.5 Å². The van der Waals surface area contributed by atoms with Crippen LogP contribution < -0.4 is 10.6 Å². The van der Waals surface area contributed by atoms with Crippen LogP contribution in [0.1, 0.15) is 27.2 Å². The van der Waals surface area contributed by atoms with Gasteiger partial charge in [0, 0.05) is 19.1 Å². The van der Waals surface area contributed by atoms with E-state index in [0.717, 1.165) is 39.1 Å². The first kappa shape index (κ1) is 13.5. The SMILES string of the molecule is CCN(CC)CC(C)NC(=O)C1CCNC1. The smallest absolute Gasteiger partial charge is 0.224 e. The highest BCUT2D eigenvalue weighted by atomic mass is 16.2. The summed E-state index contributed by atoms with van der Waals surface area (Å²) in [4.78, 5) is 14.2. The molecule has 0 radical (unpaired) electrons. The lowest BCUT2D eigenvalue weighted by molar-refractivity contribution is -0.125. The molecule has 1 heterocycles. The van der Waals surface area contributed by atoms with Crippen LogP contribution in [0.4, 0.5) is 0 Å². The second-order valence-corrected chi connectivity index (χ2v) is 4.59. The zero-order chi connectivity index (χ0) is 12.0. The van der Waals surface area contributed by atoms with E-state index in [1.807, 2.05) is 0 Å². The second-order valence-electron chi connectivity index (χ2n) is 4.59. The first-order chi connectivity index (χ1) is 7.67. The van der Waals surface area contributed by atoms with Crippen LogP contribution >= 0.6 is 0 Å². The van der Waals surface area contributed by atoms with Crippen LogP contribution in [0.3, 0.4) is 0 Å². The number of carbonyl (C=O) groups is 1. The molecule has 0 saturated carbocycles. The summed E-state index contributed by atoms with van der Waals surface area (Å²) in [5.41, 5.74) is 0. The number of amides is 1. The highest BCUT2D eigenvalue weighted by Gasteiger charge is 2.23. The molecule has 1 saturated heterocycles. The maximum atomic E-state index is 11.8. The minimum atomic E-state index is 0.180. The van der Waals surface area contributed by atoms with E-state index in [0.29, 0.717) is 0 Å². The van der Waals surface area contributed by atoms with Crippen LogP contribution in [0, 0.1) is 5.92 Å². The molecule has 0 aromatic heterocycles. The number of likely N-dealkylation sites (N-methyl/N-ethyl adjacent to an activating group) is 1. The van der Waals surface area contributed by atoms with E-state index in [1.165, 1.54) is 0 Å². The van der Waals surface area contributed by atoms with Crippen molar-refractivity contribution < 1.29 is 4.79 Å². The van der Waals surface area contributed by atoms with E-state index in [2.05, 4.69) is 36.3 Å². The topological polar surface area (TPSA) is 44.4 Å². The van der Waals surface area contributed by atoms with E-state index in [4.69, 9.17) is 0 Å². The lowest BCUT2D eigenvalue weighted by Crippen LogP contribution is -2.44. The monoisotopic (exact) mass is 227 g/mol. The minimum absolute atomic E-state index is 0.180. The second kappa shape index (κ2) is 6.86. The Kier molecular flexibility index (Phi) is 5.77. The predicted molar refractivity (Wildman–Crippen MR) is 66.4 cm³/mol. The zero-order valence-electron chi connectivity index (χ0n) is 10.8. The molecule has 1 rings (SSSR count). The lowest BCUT2D eigenvalue weighted by atomic mass is 10.1. The largest absolute Gasteiger partial charge is 0.352 e. The Labute approximate surface area is 98.8 Å². The molecule has 0 aliphatic carbocycles. The molecule has 4 nitrogen and oxygen atoms in total. The van der Waals surface area contributed by atoms with Crippen molar-refractivity contribution in [2.45, 2.75) is 33.2 Å². The van der Waals surface area contributed by atoms with Gasteiger partial charge in [0.1, 0.15) is 0 Å². The van der Waals surface area contributed by atoms with Crippen molar-refractivity contribution in [3.8, 4) is 0 Å². The molecule has 94 valence electrons. The van der Waals surface area contributed by atoms with Crippen molar-refractivity contribution in [3.05, 3.63) is 0 Å². The Morgan fingerprint density at radius 2 is 2.19 bits per heavy atom. The molecule has 1 aliphatic rings. The Morgan fingerprint density at radius 1 is 1.50 bits per heavy atom. The van der Waals surface area contributed by atoms with Gasteiger partial charge in [0.2, 0.25) is 5.91 Å². The number of nitrogens with one attached hydrogen (secondary N) is 2. The van der Waals surface area contributed by atoms with Gasteiger partial charge in [-0.25, -0.2) is 0 Å². The van der Waals surface area contributed by atoms with Crippen molar-refractivity contribution in [1.82, 2.24) is 15.5 Å². The molecule has 2 N–H and O–H groups in total. The standard InChI is InChI=1S/C12H25N3O/c1-4-15(5-2)9-10(3)14-12(16)11-6-7-13-8-11/h10-11,13H,4-9H2,1-3H3,(H,14,16). The molecule has 0 bridgehead atoms. The summed E-state index contributed by atoms with van der Waals surface area (Å²) in [6, 6.07) is 0.244. The molecule has 0 aromatic carbocycles. The minimum Gasteiger partial charge on any atom is -0.352 e. The van der Waals surface area contributed by atoms with Crippen LogP contribution in [0.5, 0.6) is 0 Å². The van der Waals surface area contributed by atoms with Gasteiger partial charge >= 0.3 is 0 Å². The van der Waals surface area contributed by atoms with Gasteiger partial charge in [-0.3, -0.25) is 4.79 Å². The molecule has 1 fully saturated rings.